The molecular weight excluding hydrogens is 331 g/mol. The smallest absolute Gasteiger partial charge is 0.433 e. The largest absolute Gasteiger partial charge is 0.462 e. The first-order valence-electron chi connectivity index (χ1n) is 6.89. The third-order valence-corrected chi connectivity index (χ3v) is 3.13. The molecule has 0 atom stereocenters. The van der Waals surface area contributed by atoms with Crippen molar-refractivity contribution in [2.75, 3.05) is 0 Å². The van der Waals surface area contributed by atoms with Crippen molar-refractivity contribution in [3.8, 4) is 0 Å². The van der Waals surface area contributed by atoms with Gasteiger partial charge in [-0.3, -0.25) is 14.2 Å². The number of aryl methyl sites for hydroxylation is 1. The van der Waals surface area contributed by atoms with Gasteiger partial charge in [-0.15, -0.1) is 0 Å². The summed E-state index contributed by atoms with van der Waals surface area (Å²) in [5.41, 5.74) is -3.50. The number of rotatable bonds is 3. The predicted molar refractivity (Wildman–Crippen MR) is 77.5 cm³/mol. The van der Waals surface area contributed by atoms with Crippen LogP contribution < -0.4 is 11.2 Å². The van der Waals surface area contributed by atoms with E-state index in [9.17, 15) is 27.6 Å². The van der Waals surface area contributed by atoms with Crippen LogP contribution in [-0.2, 0) is 29.3 Å². The molecule has 0 amide bonds. The van der Waals surface area contributed by atoms with E-state index in [4.69, 9.17) is 4.74 Å². The Balaban J connectivity index is 2.63. The van der Waals surface area contributed by atoms with Crippen LogP contribution in [0, 0.1) is 0 Å². The van der Waals surface area contributed by atoms with Crippen LogP contribution in [0.5, 0.6) is 0 Å². The second kappa shape index (κ2) is 6.10. The number of aromatic nitrogens is 3. The molecule has 0 N–H and O–H groups in total. The lowest BCUT2D eigenvalue weighted by molar-refractivity contribution is -0.148. The Bertz CT molecular complexity index is 912. The average Bonchev–Trinajstić information content (AvgIpc) is 2.47. The molecule has 2 rings (SSSR count). The number of nitrogens with zero attached hydrogens (tertiary/aromatic N) is 3. The highest BCUT2D eigenvalue weighted by atomic mass is 19.4. The van der Waals surface area contributed by atoms with Gasteiger partial charge in [0.15, 0.2) is 0 Å². The van der Waals surface area contributed by atoms with Gasteiger partial charge in [0.25, 0.3) is 5.56 Å². The van der Waals surface area contributed by atoms with Gasteiger partial charge in [-0.1, -0.05) is 0 Å². The fraction of sp³-hybridized carbons (Fsp3) is 0.429. The molecule has 0 fully saturated rings. The molecule has 0 aromatic carbocycles. The number of pyridine rings is 1. The van der Waals surface area contributed by atoms with Crippen LogP contribution >= 0.6 is 0 Å². The molecule has 2 heterocycles. The molecule has 0 radical (unpaired) electrons. The van der Waals surface area contributed by atoms with E-state index in [0.29, 0.717) is 10.6 Å². The summed E-state index contributed by atoms with van der Waals surface area (Å²) in [6.45, 7) is 2.56. The van der Waals surface area contributed by atoms with Crippen LogP contribution in [0.15, 0.2) is 21.7 Å². The number of hydrogen-bond acceptors (Lipinski definition) is 5. The summed E-state index contributed by atoms with van der Waals surface area (Å²) in [5.74, 6) is -0.802. The molecule has 2 aromatic heterocycles. The summed E-state index contributed by atoms with van der Waals surface area (Å²) in [6, 6.07) is 1.57. The maximum absolute atomic E-state index is 12.7. The number of halogens is 3. The lowest BCUT2D eigenvalue weighted by Gasteiger charge is -2.12. The fourth-order valence-electron chi connectivity index (χ4n) is 2.10. The van der Waals surface area contributed by atoms with Crippen LogP contribution in [0.2, 0.25) is 0 Å². The normalized spacial score (nSPS) is 12.0. The first-order valence-corrected chi connectivity index (χ1v) is 6.89. The Hall–Kier alpha value is -2.65. The molecule has 0 spiro atoms. The lowest BCUT2D eigenvalue weighted by atomic mass is 10.2. The highest BCUT2D eigenvalue weighted by Crippen LogP contribution is 2.28. The average molecular weight is 345 g/mol. The van der Waals surface area contributed by atoms with Gasteiger partial charge in [-0.25, -0.2) is 14.3 Å². The molecule has 130 valence electrons. The minimum absolute atomic E-state index is 0.206. The quantitative estimate of drug-likeness (QED) is 0.777. The number of alkyl halides is 3. The van der Waals surface area contributed by atoms with Gasteiger partial charge in [-0.2, -0.15) is 13.2 Å². The van der Waals surface area contributed by atoms with Gasteiger partial charge < -0.3 is 4.74 Å². The van der Waals surface area contributed by atoms with Crippen molar-refractivity contribution in [2.45, 2.75) is 32.7 Å². The Kier molecular flexibility index (Phi) is 4.50. The molecule has 10 heteroatoms. The highest BCUT2D eigenvalue weighted by Gasteiger charge is 2.33. The van der Waals surface area contributed by atoms with E-state index in [-0.39, 0.29) is 5.39 Å². The van der Waals surface area contributed by atoms with Crippen molar-refractivity contribution in [1.29, 1.82) is 0 Å². The minimum Gasteiger partial charge on any atom is -0.462 e. The third kappa shape index (κ3) is 3.31. The van der Waals surface area contributed by atoms with Gasteiger partial charge >= 0.3 is 17.8 Å². The van der Waals surface area contributed by atoms with Crippen LogP contribution in [0.25, 0.3) is 11.0 Å². The minimum atomic E-state index is -4.71. The summed E-state index contributed by atoms with van der Waals surface area (Å²) in [6.07, 6.45) is -5.14. The predicted octanol–water partition coefficient (Wildman–Crippen LogP) is 1.07. The summed E-state index contributed by atoms with van der Waals surface area (Å²) >= 11 is 0. The third-order valence-electron chi connectivity index (χ3n) is 3.13. The van der Waals surface area contributed by atoms with Gasteiger partial charge in [0.2, 0.25) is 0 Å². The van der Waals surface area contributed by atoms with Crippen molar-refractivity contribution < 1.29 is 22.7 Å². The monoisotopic (exact) mass is 345 g/mol. The lowest BCUT2D eigenvalue weighted by Crippen LogP contribution is -2.41. The van der Waals surface area contributed by atoms with Gasteiger partial charge in [0.1, 0.15) is 17.9 Å². The SMILES string of the molecule is CC(C)OC(=O)Cn1c(=O)c2ccc(C(F)(F)F)nc2n(C)c1=O. The standard InChI is InChI=1S/C14H14F3N3O4/c1-7(2)24-10(21)6-20-12(22)8-4-5-9(14(15,16)17)18-11(8)19(3)13(20)23/h4-5,7H,6H2,1-3H3. The van der Waals surface area contributed by atoms with E-state index in [1.807, 2.05) is 0 Å². The zero-order chi connectivity index (χ0) is 18.2. The number of carbonyl (C=O) groups is 1. The van der Waals surface area contributed by atoms with E-state index in [1.165, 1.54) is 7.05 Å². The van der Waals surface area contributed by atoms with E-state index in [0.717, 1.165) is 10.6 Å². The van der Waals surface area contributed by atoms with Crippen molar-refractivity contribution in [3.05, 3.63) is 38.7 Å². The highest BCUT2D eigenvalue weighted by molar-refractivity contribution is 5.75. The number of ether oxygens (including phenoxy) is 1. The van der Waals surface area contributed by atoms with Crippen molar-refractivity contribution in [1.82, 2.24) is 14.1 Å². The Labute approximate surface area is 133 Å². The van der Waals surface area contributed by atoms with Crippen LogP contribution in [-0.4, -0.2) is 26.2 Å². The summed E-state index contributed by atoms with van der Waals surface area (Å²) in [5, 5.41) is -0.206. The maximum atomic E-state index is 12.7. The van der Waals surface area contributed by atoms with Gasteiger partial charge in [0.05, 0.1) is 11.5 Å². The molecule has 0 bridgehead atoms. The Morgan fingerprint density at radius 2 is 1.92 bits per heavy atom. The van der Waals surface area contributed by atoms with Gasteiger partial charge in [0, 0.05) is 7.05 Å². The summed E-state index contributed by atoms with van der Waals surface area (Å²) in [4.78, 5) is 39.5. The first-order chi connectivity index (χ1) is 11.0. The number of carbonyl (C=O) groups excluding carboxylic acids is 1. The molecule has 24 heavy (non-hydrogen) atoms. The fourth-order valence-corrected chi connectivity index (χ4v) is 2.10. The summed E-state index contributed by atoms with van der Waals surface area (Å²) in [7, 11) is 1.17. The van der Waals surface area contributed by atoms with Crippen molar-refractivity contribution in [2.24, 2.45) is 7.05 Å². The second-order valence-electron chi connectivity index (χ2n) is 5.34. The zero-order valence-corrected chi connectivity index (χ0v) is 13.0. The maximum Gasteiger partial charge on any atom is 0.433 e. The Morgan fingerprint density at radius 1 is 1.29 bits per heavy atom. The molecule has 0 aliphatic rings. The van der Waals surface area contributed by atoms with E-state index in [2.05, 4.69) is 4.98 Å². The molecule has 0 unspecified atom stereocenters. The van der Waals surface area contributed by atoms with Crippen LogP contribution in [0.1, 0.15) is 19.5 Å². The van der Waals surface area contributed by atoms with Crippen LogP contribution in [0.4, 0.5) is 13.2 Å². The molecule has 2 aromatic rings. The number of esters is 1. The molecule has 7 nitrogen and oxygen atoms in total. The number of fused-ring (bicyclic) bond motifs is 1. The molecule has 0 saturated carbocycles. The topological polar surface area (TPSA) is 83.2 Å². The first kappa shape index (κ1) is 17.7. The molecule has 0 saturated heterocycles. The zero-order valence-electron chi connectivity index (χ0n) is 13.0. The molecule has 0 aliphatic carbocycles. The Morgan fingerprint density at radius 3 is 2.46 bits per heavy atom. The van der Waals surface area contributed by atoms with Crippen LogP contribution in [0.3, 0.4) is 0 Å². The van der Waals surface area contributed by atoms with Crippen molar-refractivity contribution in [3.63, 3.8) is 0 Å². The molecule has 0 aliphatic heterocycles. The van der Waals surface area contributed by atoms with E-state index in [1.54, 1.807) is 13.8 Å². The van der Waals surface area contributed by atoms with E-state index < -0.39 is 47.4 Å². The second-order valence-corrected chi connectivity index (χ2v) is 5.34. The molecular formula is C14H14F3N3O4. The van der Waals surface area contributed by atoms with E-state index >= 15 is 0 Å². The number of hydrogen-bond donors (Lipinski definition) is 0. The summed E-state index contributed by atoms with van der Waals surface area (Å²) < 4.78 is 44.4. The van der Waals surface area contributed by atoms with Gasteiger partial charge in [-0.05, 0) is 26.0 Å². The van der Waals surface area contributed by atoms with Crippen molar-refractivity contribution >= 4 is 17.0 Å².